The maximum absolute atomic E-state index is 11.5. The summed E-state index contributed by atoms with van der Waals surface area (Å²) >= 11 is 0. The van der Waals surface area contributed by atoms with E-state index in [4.69, 9.17) is 14.2 Å². The molecule has 0 aliphatic carbocycles. The predicted octanol–water partition coefficient (Wildman–Crippen LogP) is 0.330. The number of hydrogen-bond acceptors (Lipinski definition) is 6. The van der Waals surface area contributed by atoms with E-state index in [1.807, 2.05) is 13.8 Å². The van der Waals surface area contributed by atoms with Crippen molar-refractivity contribution in [2.45, 2.75) is 44.9 Å². The maximum atomic E-state index is 11.5. The molecule has 20 heavy (non-hydrogen) atoms. The minimum absolute atomic E-state index is 0.0995. The van der Waals surface area contributed by atoms with E-state index >= 15 is 0 Å². The van der Waals surface area contributed by atoms with Gasteiger partial charge in [-0.25, -0.2) is 0 Å². The first-order valence-electron chi connectivity index (χ1n) is 7.23. The van der Waals surface area contributed by atoms with E-state index in [9.17, 15) is 9.90 Å². The summed E-state index contributed by atoms with van der Waals surface area (Å²) in [5.74, 6) is -0.213. The zero-order chi connectivity index (χ0) is 15.0. The van der Waals surface area contributed by atoms with E-state index in [1.54, 1.807) is 0 Å². The summed E-state index contributed by atoms with van der Waals surface area (Å²) in [5, 5.41) is 12.8. The van der Waals surface area contributed by atoms with E-state index in [2.05, 4.69) is 5.32 Å². The Bertz CT molecular complexity index is 279. The van der Waals surface area contributed by atoms with E-state index in [0.29, 0.717) is 13.2 Å². The molecule has 1 fully saturated rings. The summed E-state index contributed by atoms with van der Waals surface area (Å²) in [6, 6.07) is -0.409. The molecule has 0 radical (unpaired) electrons. The number of aliphatic hydroxyl groups excluding tert-OH is 1. The molecule has 0 spiro atoms. The number of esters is 1. The van der Waals surface area contributed by atoms with Crippen LogP contribution in [0.4, 0.5) is 0 Å². The van der Waals surface area contributed by atoms with Gasteiger partial charge in [-0.2, -0.15) is 0 Å². The Kier molecular flexibility index (Phi) is 8.06. The highest BCUT2D eigenvalue weighted by Crippen LogP contribution is 2.12. The maximum Gasteiger partial charge on any atom is 0.323 e. The first-order valence-corrected chi connectivity index (χ1v) is 7.23. The van der Waals surface area contributed by atoms with Gasteiger partial charge in [-0.1, -0.05) is 13.8 Å². The van der Waals surface area contributed by atoms with Crippen molar-refractivity contribution in [3.05, 3.63) is 0 Å². The van der Waals surface area contributed by atoms with Gasteiger partial charge in [-0.05, 0) is 18.8 Å². The summed E-state index contributed by atoms with van der Waals surface area (Å²) in [4.78, 5) is 11.5. The summed E-state index contributed by atoms with van der Waals surface area (Å²) < 4.78 is 15.6. The van der Waals surface area contributed by atoms with Crippen molar-refractivity contribution in [3.8, 4) is 0 Å². The second-order valence-corrected chi connectivity index (χ2v) is 5.48. The smallest absolute Gasteiger partial charge is 0.323 e. The van der Waals surface area contributed by atoms with Crippen molar-refractivity contribution in [1.82, 2.24) is 5.32 Å². The van der Waals surface area contributed by atoms with Gasteiger partial charge in [0.2, 0.25) is 0 Å². The summed E-state index contributed by atoms with van der Waals surface area (Å²) in [6.07, 6.45) is 1.61. The van der Waals surface area contributed by atoms with Gasteiger partial charge in [-0.3, -0.25) is 4.79 Å². The van der Waals surface area contributed by atoms with Crippen LogP contribution in [0.15, 0.2) is 0 Å². The van der Waals surface area contributed by atoms with Gasteiger partial charge in [0.05, 0.1) is 32.5 Å². The topological polar surface area (TPSA) is 77.0 Å². The number of rotatable bonds is 9. The largest absolute Gasteiger partial charge is 0.468 e. The lowest BCUT2D eigenvalue weighted by molar-refractivity contribution is -0.144. The van der Waals surface area contributed by atoms with E-state index < -0.39 is 12.1 Å². The van der Waals surface area contributed by atoms with Crippen LogP contribution in [0.25, 0.3) is 0 Å². The van der Waals surface area contributed by atoms with Crippen LogP contribution >= 0.6 is 0 Å². The van der Waals surface area contributed by atoms with Crippen LogP contribution < -0.4 is 5.32 Å². The van der Waals surface area contributed by atoms with Crippen molar-refractivity contribution in [1.29, 1.82) is 0 Å². The number of aliphatic hydroxyl groups is 1. The zero-order valence-corrected chi connectivity index (χ0v) is 12.6. The summed E-state index contributed by atoms with van der Waals surface area (Å²) in [5.41, 5.74) is 0. The van der Waals surface area contributed by atoms with Crippen molar-refractivity contribution >= 4 is 5.97 Å². The van der Waals surface area contributed by atoms with Crippen LogP contribution in [0.2, 0.25) is 0 Å². The quantitative estimate of drug-likeness (QED) is 0.596. The Morgan fingerprint density at radius 3 is 2.80 bits per heavy atom. The van der Waals surface area contributed by atoms with Gasteiger partial charge >= 0.3 is 5.97 Å². The molecule has 3 unspecified atom stereocenters. The number of methoxy groups -OCH3 is 1. The number of carbonyl (C=O) groups excluding carboxylic acids is 1. The zero-order valence-electron chi connectivity index (χ0n) is 12.6. The second kappa shape index (κ2) is 9.28. The Balaban J connectivity index is 2.16. The second-order valence-electron chi connectivity index (χ2n) is 5.48. The van der Waals surface area contributed by atoms with Crippen molar-refractivity contribution in [2.75, 3.05) is 33.5 Å². The van der Waals surface area contributed by atoms with Gasteiger partial charge in [-0.15, -0.1) is 0 Å². The molecule has 0 aromatic heterocycles. The minimum atomic E-state index is -0.651. The standard InChI is InChI=1S/C14H27NO5/c1-10(2)13(14(17)18-3)15-7-11(16)8-19-9-12-5-4-6-20-12/h10-13,15-16H,4-9H2,1-3H3. The summed E-state index contributed by atoms with van der Waals surface area (Å²) in [7, 11) is 1.36. The monoisotopic (exact) mass is 289 g/mol. The van der Waals surface area contributed by atoms with Gasteiger partial charge < -0.3 is 24.6 Å². The van der Waals surface area contributed by atoms with Crippen molar-refractivity contribution < 1.29 is 24.1 Å². The van der Waals surface area contributed by atoms with Crippen molar-refractivity contribution in [2.24, 2.45) is 5.92 Å². The average molecular weight is 289 g/mol. The van der Waals surface area contributed by atoms with E-state index in [0.717, 1.165) is 19.4 Å². The normalized spacial score (nSPS) is 21.9. The highest BCUT2D eigenvalue weighted by Gasteiger charge is 2.23. The Morgan fingerprint density at radius 2 is 2.25 bits per heavy atom. The average Bonchev–Trinajstić information content (AvgIpc) is 2.91. The lowest BCUT2D eigenvalue weighted by atomic mass is 10.0. The molecule has 6 nitrogen and oxygen atoms in total. The summed E-state index contributed by atoms with van der Waals surface area (Å²) in [6.45, 7) is 5.70. The third kappa shape index (κ3) is 6.17. The minimum Gasteiger partial charge on any atom is -0.468 e. The van der Waals surface area contributed by atoms with Crippen molar-refractivity contribution in [3.63, 3.8) is 0 Å². The van der Waals surface area contributed by atoms with Crippen LogP contribution in [0.5, 0.6) is 0 Å². The molecule has 0 amide bonds. The molecule has 0 aromatic carbocycles. The molecule has 1 heterocycles. The third-order valence-electron chi connectivity index (χ3n) is 3.33. The fourth-order valence-corrected chi connectivity index (χ4v) is 2.15. The van der Waals surface area contributed by atoms with Gasteiger partial charge in [0.1, 0.15) is 6.04 Å². The SMILES string of the molecule is COC(=O)C(NCC(O)COCC1CCCO1)C(C)C. The van der Waals surface area contributed by atoms with Crippen LogP contribution in [-0.2, 0) is 19.0 Å². The highest BCUT2D eigenvalue weighted by molar-refractivity contribution is 5.75. The molecular weight excluding hydrogens is 262 g/mol. The Hall–Kier alpha value is -0.690. The lowest BCUT2D eigenvalue weighted by Crippen LogP contribution is -2.45. The van der Waals surface area contributed by atoms with Crippen LogP contribution in [0, 0.1) is 5.92 Å². The first-order chi connectivity index (χ1) is 9.54. The molecule has 0 bridgehead atoms. The number of nitrogens with one attached hydrogen (secondary N) is 1. The Morgan fingerprint density at radius 1 is 1.50 bits per heavy atom. The molecule has 6 heteroatoms. The molecule has 0 aromatic rings. The van der Waals surface area contributed by atoms with Gasteiger partial charge in [0.15, 0.2) is 0 Å². The molecule has 1 aliphatic rings. The molecule has 1 rings (SSSR count). The lowest BCUT2D eigenvalue weighted by Gasteiger charge is -2.22. The molecule has 0 saturated carbocycles. The van der Waals surface area contributed by atoms with Crippen LogP contribution in [0.3, 0.4) is 0 Å². The molecule has 2 N–H and O–H groups in total. The third-order valence-corrected chi connectivity index (χ3v) is 3.33. The molecule has 1 saturated heterocycles. The molecule has 3 atom stereocenters. The number of ether oxygens (including phenoxy) is 3. The highest BCUT2D eigenvalue weighted by atomic mass is 16.5. The van der Waals surface area contributed by atoms with E-state index in [-0.39, 0.29) is 24.6 Å². The van der Waals surface area contributed by atoms with Crippen LogP contribution in [-0.4, -0.2) is 62.8 Å². The van der Waals surface area contributed by atoms with Gasteiger partial charge in [0, 0.05) is 13.2 Å². The fraction of sp³-hybridized carbons (Fsp3) is 0.929. The fourth-order valence-electron chi connectivity index (χ4n) is 2.15. The number of carbonyl (C=O) groups is 1. The van der Waals surface area contributed by atoms with E-state index in [1.165, 1.54) is 7.11 Å². The Labute approximate surface area is 120 Å². The molecule has 118 valence electrons. The van der Waals surface area contributed by atoms with Gasteiger partial charge in [0.25, 0.3) is 0 Å². The van der Waals surface area contributed by atoms with Crippen LogP contribution in [0.1, 0.15) is 26.7 Å². The predicted molar refractivity (Wildman–Crippen MR) is 74.4 cm³/mol. The molecule has 1 aliphatic heterocycles. The number of hydrogen-bond donors (Lipinski definition) is 2. The first kappa shape index (κ1) is 17.4. The molecular formula is C14H27NO5.